The molecular weight excluding hydrogens is 386 g/mol. The molecule has 1 amide bonds. The van der Waals surface area contributed by atoms with Gasteiger partial charge in [0.1, 0.15) is 0 Å². The van der Waals surface area contributed by atoms with Gasteiger partial charge in [-0.2, -0.15) is 0 Å². The van der Waals surface area contributed by atoms with Crippen LogP contribution in [-0.4, -0.2) is 46.4 Å². The maximum absolute atomic E-state index is 13.0. The average Bonchev–Trinajstić information content (AvgIpc) is 3.11. The molecule has 2 aromatic rings. The Morgan fingerprint density at radius 1 is 1.41 bits per heavy atom. The summed E-state index contributed by atoms with van der Waals surface area (Å²) in [5.74, 6) is -0.697. The number of methoxy groups -OCH3 is 1. The van der Waals surface area contributed by atoms with Gasteiger partial charge in [0.2, 0.25) is 5.91 Å². The monoisotopic (exact) mass is 402 g/mol. The van der Waals surface area contributed by atoms with Crippen LogP contribution in [0.1, 0.15) is 6.42 Å². The highest BCUT2D eigenvalue weighted by Gasteiger charge is 2.43. The van der Waals surface area contributed by atoms with E-state index in [-0.39, 0.29) is 28.6 Å². The highest BCUT2D eigenvalue weighted by atomic mass is 32.2. The highest BCUT2D eigenvalue weighted by molar-refractivity contribution is 7.99. The molecule has 0 saturated heterocycles. The Labute approximate surface area is 156 Å². The summed E-state index contributed by atoms with van der Waals surface area (Å²) in [6.45, 7) is 0.898. The number of nitrogens with zero attached hydrogens (tertiary/aromatic N) is 2. The molecule has 2 N–H and O–H groups in total. The first-order chi connectivity index (χ1) is 12.9. The molecule has 0 bridgehead atoms. The number of benzene rings is 1. The molecule has 1 aliphatic rings. The number of hydrogen-bond donors (Lipinski definition) is 2. The zero-order valence-electron chi connectivity index (χ0n) is 14.2. The standard InChI is InChI=1S/C15H16F2N4O5S/c1-24-6-2-5-21-13(23)19-20-14(21)27-8-12(22)18-9-3-4-10-11(7-9)26-15(16,17)25-10/h3-4,7H,2,5-6,8H2,1H3,(H,18,22)(H,19,23). The van der Waals surface area contributed by atoms with Crippen molar-refractivity contribution in [3.8, 4) is 11.5 Å². The van der Waals surface area contributed by atoms with E-state index in [1.807, 2.05) is 0 Å². The van der Waals surface area contributed by atoms with Gasteiger partial charge in [0.05, 0.1) is 5.75 Å². The largest absolute Gasteiger partial charge is 0.586 e. The number of amides is 1. The van der Waals surface area contributed by atoms with Crippen molar-refractivity contribution in [1.29, 1.82) is 0 Å². The van der Waals surface area contributed by atoms with E-state index in [1.54, 1.807) is 7.11 Å². The Morgan fingerprint density at radius 3 is 2.96 bits per heavy atom. The number of aromatic nitrogens is 3. The molecule has 1 aromatic carbocycles. The third-order valence-electron chi connectivity index (χ3n) is 3.47. The van der Waals surface area contributed by atoms with Crippen LogP contribution in [0.25, 0.3) is 0 Å². The van der Waals surface area contributed by atoms with Crippen molar-refractivity contribution in [3.05, 3.63) is 28.7 Å². The van der Waals surface area contributed by atoms with Crippen LogP contribution < -0.4 is 20.5 Å². The Kier molecular flexibility index (Phi) is 5.65. The van der Waals surface area contributed by atoms with Crippen molar-refractivity contribution in [1.82, 2.24) is 14.8 Å². The molecule has 0 spiro atoms. The van der Waals surface area contributed by atoms with Crippen LogP contribution in [-0.2, 0) is 16.1 Å². The number of hydrogen-bond acceptors (Lipinski definition) is 7. The average molecular weight is 402 g/mol. The van der Waals surface area contributed by atoms with Gasteiger partial charge in [0, 0.05) is 32.0 Å². The van der Waals surface area contributed by atoms with Crippen LogP contribution >= 0.6 is 11.8 Å². The van der Waals surface area contributed by atoms with Crippen LogP contribution in [0.2, 0.25) is 0 Å². The fraction of sp³-hybridized carbons (Fsp3) is 0.400. The second-order valence-electron chi connectivity index (χ2n) is 5.48. The minimum absolute atomic E-state index is 0.0286. The number of anilines is 1. The number of thioether (sulfide) groups is 1. The van der Waals surface area contributed by atoms with Gasteiger partial charge >= 0.3 is 12.0 Å². The van der Waals surface area contributed by atoms with Gasteiger partial charge in [-0.15, -0.1) is 13.9 Å². The summed E-state index contributed by atoms with van der Waals surface area (Å²) < 4.78 is 41.0. The first-order valence-corrected chi connectivity index (χ1v) is 8.83. The number of carbonyl (C=O) groups is 1. The van der Waals surface area contributed by atoms with E-state index in [4.69, 9.17) is 4.74 Å². The molecule has 0 aliphatic carbocycles. The third kappa shape index (κ3) is 4.77. The number of aromatic amines is 1. The highest BCUT2D eigenvalue weighted by Crippen LogP contribution is 2.42. The first-order valence-electron chi connectivity index (χ1n) is 7.84. The lowest BCUT2D eigenvalue weighted by atomic mass is 10.3. The summed E-state index contributed by atoms with van der Waals surface area (Å²) in [5, 5.41) is 9.15. The van der Waals surface area contributed by atoms with E-state index in [2.05, 4.69) is 25.0 Å². The summed E-state index contributed by atoms with van der Waals surface area (Å²) in [6, 6.07) is 3.94. The predicted molar refractivity (Wildman–Crippen MR) is 91.3 cm³/mol. The molecule has 146 valence electrons. The Hall–Kier alpha value is -2.60. The molecule has 0 unspecified atom stereocenters. The molecular formula is C15H16F2N4O5S. The van der Waals surface area contributed by atoms with Crippen molar-refractivity contribution >= 4 is 23.4 Å². The lowest BCUT2D eigenvalue weighted by molar-refractivity contribution is -0.286. The first kappa shape index (κ1) is 19.2. The van der Waals surface area contributed by atoms with Gasteiger partial charge in [0.25, 0.3) is 0 Å². The van der Waals surface area contributed by atoms with Crippen molar-refractivity contribution in [2.45, 2.75) is 24.4 Å². The molecule has 12 heteroatoms. The smallest absolute Gasteiger partial charge is 0.395 e. The number of H-pyrrole nitrogens is 1. The second-order valence-corrected chi connectivity index (χ2v) is 6.42. The van der Waals surface area contributed by atoms with Gasteiger partial charge in [0.15, 0.2) is 16.7 Å². The molecule has 0 atom stereocenters. The van der Waals surface area contributed by atoms with Crippen molar-refractivity contribution in [2.75, 3.05) is 24.8 Å². The van der Waals surface area contributed by atoms with E-state index in [0.717, 1.165) is 11.8 Å². The van der Waals surface area contributed by atoms with Gasteiger partial charge in [-0.25, -0.2) is 9.89 Å². The molecule has 1 aromatic heterocycles. The molecule has 0 radical (unpaired) electrons. The fourth-order valence-electron chi connectivity index (χ4n) is 2.33. The predicted octanol–water partition coefficient (Wildman–Crippen LogP) is 1.66. The summed E-state index contributed by atoms with van der Waals surface area (Å²) in [6.07, 6.45) is -3.09. The van der Waals surface area contributed by atoms with Gasteiger partial charge < -0.3 is 19.5 Å². The zero-order chi connectivity index (χ0) is 19.4. The van der Waals surface area contributed by atoms with Crippen LogP contribution in [0.15, 0.2) is 28.2 Å². The minimum Gasteiger partial charge on any atom is -0.395 e. The van der Waals surface area contributed by atoms with Crippen LogP contribution in [0.3, 0.4) is 0 Å². The van der Waals surface area contributed by atoms with E-state index in [9.17, 15) is 18.4 Å². The van der Waals surface area contributed by atoms with Crippen molar-refractivity contribution in [2.24, 2.45) is 0 Å². The van der Waals surface area contributed by atoms with E-state index < -0.39 is 12.2 Å². The van der Waals surface area contributed by atoms with Crippen LogP contribution in [0, 0.1) is 0 Å². The number of fused-ring (bicyclic) bond motifs is 1. The van der Waals surface area contributed by atoms with Gasteiger partial charge in [-0.05, 0) is 18.6 Å². The van der Waals surface area contributed by atoms with E-state index in [0.29, 0.717) is 24.7 Å². The SMILES string of the molecule is COCCCn1c(SCC(=O)Nc2ccc3c(c2)OC(F)(F)O3)n[nH]c1=O. The van der Waals surface area contributed by atoms with E-state index >= 15 is 0 Å². The third-order valence-corrected chi connectivity index (χ3v) is 4.45. The normalized spacial score (nSPS) is 14.3. The maximum atomic E-state index is 13.0. The summed E-state index contributed by atoms with van der Waals surface area (Å²) in [7, 11) is 1.56. The molecule has 0 saturated carbocycles. The topological polar surface area (TPSA) is 107 Å². The summed E-state index contributed by atoms with van der Waals surface area (Å²) in [4.78, 5) is 23.8. The number of ether oxygens (including phenoxy) is 3. The maximum Gasteiger partial charge on any atom is 0.586 e. The number of alkyl halides is 2. The van der Waals surface area contributed by atoms with Crippen molar-refractivity contribution in [3.63, 3.8) is 0 Å². The molecule has 2 heterocycles. The quantitative estimate of drug-likeness (QED) is 0.511. The molecule has 1 aliphatic heterocycles. The molecule has 9 nitrogen and oxygen atoms in total. The Bertz CT molecular complexity index is 885. The number of halogens is 2. The van der Waals surface area contributed by atoms with E-state index in [1.165, 1.54) is 22.8 Å². The molecule has 3 rings (SSSR count). The van der Waals surface area contributed by atoms with Crippen LogP contribution in [0.5, 0.6) is 11.5 Å². The van der Waals surface area contributed by atoms with Crippen LogP contribution in [0.4, 0.5) is 14.5 Å². The number of nitrogens with one attached hydrogen (secondary N) is 2. The summed E-state index contributed by atoms with van der Waals surface area (Å²) in [5.41, 5.74) is -0.0918. The summed E-state index contributed by atoms with van der Waals surface area (Å²) >= 11 is 1.07. The Morgan fingerprint density at radius 2 is 2.19 bits per heavy atom. The van der Waals surface area contributed by atoms with Gasteiger partial charge in [-0.3, -0.25) is 9.36 Å². The minimum atomic E-state index is -3.72. The number of rotatable bonds is 8. The van der Waals surface area contributed by atoms with Gasteiger partial charge in [-0.1, -0.05) is 11.8 Å². The fourth-order valence-corrected chi connectivity index (χ4v) is 3.10. The second kappa shape index (κ2) is 7.96. The lowest BCUT2D eigenvalue weighted by Gasteiger charge is -2.07. The molecule has 27 heavy (non-hydrogen) atoms. The number of carbonyl (C=O) groups excluding carboxylic acids is 1. The zero-order valence-corrected chi connectivity index (χ0v) is 15.0. The Balaban J connectivity index is 1.56. The molecule has 0 fully saturated rings. The van der Waals surface area contributed by atoms with Crippen molar-refractivity contribution < 1.29 is 27.8 Å². The lowest BCUT2D eigenvalue weighted by Crippen LogP contribution is -2.25.